The van der Waals surface area contributed by atoms with Gasteiger partial charge in [0, 0.05) is 25.8 Å². The SMILES string of the molecule is CCCN(CCN)c1ccc(C(C)(C)C)cn1. The quantitative estimate of drug-likeness (QED) is 0.853. The molecule has 0 saturated heterocycles. The van der Waals surface area contributed by atoms with E-state index in [1.54, 1.807) is 0 Å². The lowest BCUT2D eigenvalue weighted by molar-refractivity contribution is 0.587. The highest BCUT2D eigenvalue weighted by Crippen LogP contribution is 2.22. The maximum absolute atomic E-state index is 5.63. The molecule has 0 amide bonds. The second kappa shape index (κ2) is 6.01. The summed E-state index contributed by atoms with van der Waals surface area (Å²) in [5.41, 5.74) is 7.06. The van der Waals surface area contributed by atoms with Crippen molar-refractivity contribution < 1.29 is 0 Å². The van der Waals surface area contributed by atoms with E-state index in [4.69, 9.17) is 5.73 Å². The first-order valence-electron chi connectivity index (χ1n) is 6.40. The van der Waals surface area contributed by atoms with Crippen molar-refractivity contribution in [2.75, 3.05) is 24.5 Å². The van der Waals surface area contributed by atoms with Crippen molar-refractivity contribution in [2.45, 2.75) is 39.5 Å². The fraction of sp³-hybridized carbons (Fsp3) is 0.643. The van der Waals surface area contributed by atoms with Crippen LogP contribution in [-0.4, -0.2) is 24.6 Å². The summed E-state index contributed by atoms with van der Waals surface area (Å²) in [7, 11) is 0. The molecule has 0 atom stereocenters. The lowest BCUT2D eigenvalue weighted by Crippen LogP contribution is -2.30. The lowest BCUT2D eigenvalue weighted by Gasteiger charge is -2.24. The zero-order chi connectivity index (χ0) is 12.9. The molecule has 0 aliphatic rings. The minimum absolute atomic E-state index is 0.162. The van der Waals surface area contributed by atoms with Gasteiger partial charge in [0.05, 0.1) is 0 Å². The van der Waals surface area contributed by atoms with Crippen LogP contribution in [0.5, 0.6) is 0 Å². The molecule has 0 radical (unpaired) electrons. The average molecular weight is 235 g/mol. The fourth-order valence-electron chi connectivity index (χ4n) is 1.78. The van der Waals surface area contributed by atoms with E-state index in [1.807, 2.05) is 6.20 Å². The molecule has 96 valence electrons. The minimum Gasteiger partial charge on any atom is -0.355 e. The Morgan fingerprint density at radius 2 is 1.94 bits per heavy atom. The number of anilines is 1. The largest absolute Gasteiger partial charge is 0.355 e. The van der Waals surface area contributed by atoms with Crippen LogP contribution in [0.3, 0.4) is 0 Å². The lowest BCUT2D eigenvalue weighted by atomic mass is 9.88. The Hall–Kier alpha value is -1.09. The highest BCUT2D eigenvalue weighted by atomic mass is 15.2. The molecule has 1 aromatic heterocycles. The number of aromatic nitrogens is 1. The van der Waals surface area contributed by atoms with Crippen LogP contribution in [0.1, 0.15) is 39.7 Å². The molecule has 0 bridgehead atoms. The molecule has 0 aliphatic carbocycles. The third-order valence-corrected chi connectivity index (χ3v) is 2.83. The molecule has 0 saturated carbocycles. The molecule has 0 fully saturated rings. The Labute approximate surface area is 105 Å². The Kier molecular flexibility index (Phi) is 4.94. The molecule has 0 unspecified atom stereocenters. The standard InChI is InChI=1S/C14H25N3/c1-5-9-17(10-8-15)13-7-6-12(11-16-13)14(2,3)4/h6-7,11H,5,8-10,15H2,1-4H3. The van der Waals surface area contributed by atoms with Gasteiger partial charge < -0.3 is 10.6 Å². The van der Waals surface area contributed by atoms with Gasteiger partial charge in [-0.1, -0.05) is 33.8 Å². The second-order valence-electron chi connectivity index (χ2n) is 5.43. The molecule has 1 heterocycles. The highest BCUT2D eigenvalue weighted by Gasteiger charge is 2.14. The van der Waals surface area contributed by atoms with E-state index in [2.05, 4.69) is 49.7 Å². The Bertz CT molecular complexity index is 318. The van der Waals surface area contributed by atoms with E-state index in [0.29, 0.717) is 6.54 Å². The zero-order valence-corrected chi connectivity index (χ0v) is 11.5. The molecule has 0 spiro atoms. The zero-order valence-electron chi connectivity index (χ0n) is 11.5. The van der Waals surface area contributed by atoms with Gasteiger partial charge in [0.15, 0.2) is 0 Å². The maximum Gasteiger partial charge on any atom is 0.128 e. The predicted molar refractivity (Wildman–Crippen MR) is 74.5 cm³/mol. The van der Waals surface area contributed by atoms with Crippen LogP contribution >= 0.6 is 0 Å². The van der Waals surface area contributed by atoms with Gasteiger partial charge >= 0.3 is 0 Å². The smallest absolute Gasteiger partial charge is 0.128 e. The van der Waals surface area contributed by atoms with Crippen LogP contribution in [0.25, 0.3) is 0 Å². The van der Waals surface area contributed by atoms with E-state index < -0.39 is 0 Å². The number of rotatable bonds is 5. The van der Waals surface area contributed by atoms with Crippen LogP contribution in [0.15, 0.2) is 18.3 Å². The molecular formula is C14H25N3. The Balaban J connectivity index is 2.84. The molecular weight excluding hydrogens is 210 g/mol. The van der Waals surface area contributed by atoms with Gasteiger partial charge in [0.1, 0.15) is 5.82 Å². The first kappa shape index (κ1) is 14.0. The summed E-state index contributed by atoms with van der Waals surface area (Å²) in [6.07, 6.45) is 3.09. The van der Waals surface area contributed by atoms with Crippen LogP contribution in [0.2, 0.25) is 0 Å². The number of nitrogens with two attached hydrogens (primary N) is 1. The summed E-state index contributed by atoms with van der Waals surface area (Å²) < 4.78 is 0. The van der Waals surface area contributed by atoms with E-state index in [1.165, 1.54) is 5.56 Å². The topological polar surface area (TPSA) is 42.1 Å². The normalized spacial score (nSPS) is 11.6. The number of pyridine rings is 1. The summed E-state index contributed by atoms with van der Waals surface area (Å²) in [5, 5.41) is 0. The van der Waals surface area contributed by atoms with Gasteiger partial charge in [-0.25, -0.2) is 4.98 Å². The third kappa shape index (κ3) is 4.00. The van der Waals surface area contributed by atoms with Crippen LogP contribution in [0, 0.1) is 0 Å². The van der Waals surface area contributed by atoms with Crippen molar-refractivity contribution in [1.82, 2.24) is 4.98 Å². The Morgan fingerprint density at radius 3 is 2.35 bits per heavy atom. The number of nitrogens with zero attached hydrogens (tertiary/aromatic N) is 2. The summed E-state index contributed by atoms with van der Waals surface area (Å²) in [4.78, 5) is 6.80. The van der Waals surface area contributed by atoms with Crippen LogP contribution in [-0.2, 0) is 5.41 Å². The van der Waals surface area contributed by atoms with Gasteiger partial charge in [-0.15, -0.1) is 0 Å². The molecule has 3 heteroatoms. The van der Waals surface area contributed by atoms with Gasteiger partial charge in [-0.05, 0) is 23.5 Å². The summed E-state index contributed by atoms with van der Waals surface area (Å²) in [6.45, 7) is 11.3. The van der Waals surface area contributed by atoms with Gasteiger partial charge in [0.25, 0.3) is 0 Å². The molecule has 17 heavy (non-hydrogen) atoms. The van der Waals surface area contributed by atoms with Gasteiger partial charge in [-0.3, -0.25) is 0 Å². The first-order chi connectivity index (χ1) is 7.99. The molecule has 1 rings (SSSR count). The van der Waals surface area contributed by atoms with Crippen molar-refractivity contribution in [2.24, 2.45) is 5.73 Å². The molecule has 2 N–H and O–H groups in total. The first-order valence-corrected chi connectivity index (χ1v) is 6.40. The van der Waals surface area contributed by atoms with Gasteiger partial charge in [0.2, 0.25) is 0 Å². The van der Waals surface area contributed by atoms with Crippen LogP contribution in [0.4, 0.5) is 5.82 Å². The van der Waals surface area contributed by atoms with E-state index in [-0.39, 0.29) is 5.41 Å². The van der Waals surface area contributed by atoms with Crippen molar-refractivity contribution in [3.63, 3.8) is 0 Å². The minimum atomic E-state index is 0.162. The van der Waals surface area contributed by atoms with Crippen molar-refractivity contribution in [3.05, 3.63) is 23.9 Å². The maximum atomic E-state index is 5.63. The predicted octanol–water partition coefficient (Wildman–Crippen LogP) is 2.55. The summed E-state index contributed by atoms with van der Waals surface area (Å²) >= 11 is 0. The molecule has 3 nitrogen and oxygen atoms in total. The van der Waals surface area contributed by atoms with Gasteiger partial charge in [-0.2, -0.15) is 0 Å². The van der Waals surface area contributed by atoms with Crippen molar-refractivity contribution >= 4 is 5.82 Å². The fourth-order valence-corrected chi connectivity index (χ4v) is 1.78. The Morgan fingerprint density at radius 1 is 1.24 bits per heavy atom. The second-order valence-corrected chi connectivity index (χ2v) is 5.43. The average Bonchev–Trinajstić information content (AvgIpc) is 2.28. The summed E-state index contributed by atoms with van der Waals surface area (Å²) in [6, 6.07) is 4.27. The molecule has 0 aromatic carbocycles. The van der Waals surface area contributed by atoms with Crippen molar-refractivity contribution in [1.29, 1.82) is 0 Å². The summed E-state index contributed by atoms with van der Waals surface area (Å²) in [5.74, 6) is 1.03. The van der Waals surface area contributed by atoms with Crippen molar-refractivity contribution in [3.8, 4) is 0 Å². The van der Waals surface area contributed by atoms with E-state index >= 15 is 0 Å². The molecule has 1 aromatic rings. The number of hydrogen-bond acceptors (Lipinski definition) is 3. The third-order valence-electron chi connectivity index (χ3n) is 2.83. The van der Waals surface area contributed by atoms with E-state index in [0.717, 1.165) is 25.3 Å². The monoisotopic (exact) mass is 235 g/mol. The highest BCUT2D eigenvalue weighted by molar-refractivity contribution is 5.40. The number of hydrogen-bond donors (Lipinski definition) is 1. The van der Waals surface area contributed by atoms with Crippen LogP contribution < -0.4 is 10.6 Å². The molecule has 0 aliphatic heterocycles. The van der Waals surface area contributed by atoms with E-state index in [9.17, 15) is 0 Å².